The fourth-order valence-corrected chi connectivity index (χ4v) is 6.22. The number of hydrogen-bond acceptors (Lipinski definition) is 5. The van der Waals surface area contributed by atoms with Gasteiger partial charge in [0.1, 0.15) is 9.64 Å². The Morgan fingerprint density at radius 3 is 2.00 bits per heavy atom. The Hall–Kier alpha value is -0.0931. The molecule has 8 heteroatoms. The van der Waals surface area contributed by atoms with Crippen molar-refractivity contribution in [2.45, 2.75) is 54.4 Å². The van der Waals surface area contributed by atoms with Crippen LogP contribution in [-0.2, 0) is 34.1 Å². The summed E-state index contributed by atoms with van der Waals surface area (Å²) >= 11 is 3.69. The van der Waals surface area contributed by atoms with Crippen molar-refractivity contribution in [3.8, 4) is 0 Å². The molecule has 0 saturated carbocycles. The molecule has 148 valence electrons. The number of hydrogen-bond donors (Lipinski definition) is 2. The normalized spacial score (nSPS) is 24.3. The van der Waals surface area contributed by atoms with Crippen molar-refractivity contribution < 1.29 is 22.0 Å². The number of rotatable bonds is 9. The molecule has 0 bridgehead atoms. The Morgan fingerprint density at radius 2 is 1.64 bits per heavy atom. The van der Waals surface area contributed by atoms with Gasteiger partial charge in [0.2, 0.25) is 0 Å². The second-order valence-corrected chi connectivity index (χ2v) is 10.0. The molecular weight excluding hydrogens is 376 g/mol. The van der Waals surface area contributed by atoms with Gasteiger partial charge >= 0.3 is 8.80 Å². The summed E-state index contributed by atoms with van der Waals surface area (Å²) < 4.78 is 34.6. The van der Waals surface area contributed by atoms with Gasteiger partial charge in [-0.05, 0) is 38.5 Å². The Balaban J connectivity index is 0.00000129. The van der Waals surface area contributed by atoms with E-state index in [4.69, 9.17) is 22.0 Å². The molecule has 1 N–H and O–H groups in total. The van der Waals surface area contributed by atoms with Crippen LogP contribution in [0, 0.1) is 11.3 Å². The highest BCUT2D eigenvalue weighted by molar-refractivity contribution is 8.18. The first-order valence-corrected chi connectivity index (χ1v) is 12.8. The first kappa shape index (κ1) is 24.9. The van der Waals surface area contributed by atoms with Crippen LogP contribution in [0.4, 0.5) is 0 Å². The van der Waals surface area contributed by atoms with E-state index in [1.165, 1.54) is 11.6 Å². The first-order valence-electron chi connectivity index (χ1n) is 8.87. The SMILES string of the molecule is CCCC1(C)C=CC=C([Si](OCC)(OCC)OCC)C1C.O=[SH](O)=S. The summed E-state index contributed by atoms with van der Waals surface area (Å²) in [6.07, 6.45) is 8.98. The molecular formula is C17H34O5S2Si. The molecule has 3 atom stereocenters. The molecule has 0 aromatic rings. The summed E-state index contributed by atoms with van der Waals surface area (Å²) in [4.78, 5) is 0. The first-order chi connectivity index (χ1) is 11.7. The van der Waals surface area contributed by atoms with Gasteiger partial charge < -0.3 is 17.8 Å². The van der Waals surface area contributed by atoms with Gasteiger partial charge in [-0.15, -0.1) is 0 Å². The summed E-state index contributed by atoms with van der Waals surface area (Å²) in [6.45, 7) is 14.7. The minimum Gasteiger partial charge on any atom is -0.370 e. The number of thiol groups is 1. The standard InChI is InChI=1S/C17H32O3Si.H2O2S2/c1-7-13-17(6)14-11-12-16(15(17)5)21(18-8-2,19-9-3)20-10-4;1-4(2)3/h11-12,14-15H,7-10,13H2,1-6H3;4H,(H,1,2,3). The maximum atomic E-state index is 8.96. The zero-order valence-corrected chi connectivity index (χ0v) is 19.0. The summed E-state index contributed by atoms with van der Waals surface area (Å²) in [6, 6.07) is 0. The summed E-state index contributed by atoms with van der Waals surface area (Å²) in [5.74, 6) is 0.374. The van der Waals surface area contributed by atoms with E-state index in [1.54, 1.807) is 0 Å². The van der Waals surface area contributed by atoms with Crippen LogP contribution < -0.4 is 0 Å². The summed E-state index contributed by atoms with van der Waals surface area (Å²) in [7, 11) is -5.05. The summed E-state index contributed by atoms with van der Waals surface area (Å²) in [5, 5.41) is 1.23. The lowest BCUT2D eigenvalue weighted by Crippen LogP contribution is -2.52. The van der Waals surface area contributed by atoms with Crippen LogP contribution in [0.2, 0.25) is 0 Å². The van der Waals surface area contributed by atoms with Gasteiger partial charge in [0.05, 0.1) is 0 Å². The number of allylic oxidation sites excluding steroid dienone is 4. The zero-order valence-electron chi connectivity index (χ0n) is 16.3. The minimum atomic E-state index is -2.77. The van der Waals surface area contributed by atoms with E-state index in [-0.39, 0.29) is 5.41 Å². The van der Waals surface area contributed by atoms with Gasteiger partial charge in [0, 0.05) is 36.2 Å². The molecule has 1 aliphatic carbocycles. The van der Waals surface area contributed by atoms with Crippen LogP contribution in [0.15, 0.2) is 23.4 Å². The van der Waals surface area contributed by atoms with E-state index in [9.17, 15) is 0 Å². The molecule has 1 aliphatic rings. The van der Waals surface area contributed by atoms with Crippen LogP contribution in [0.3, 0.4) is 0 Å². The van der Waals surface area contributed by atoms with E-state index in [0.29, 0.717) is 25.7 Å². The highest BCUT2D eigenvalue weighted by Crippen LogP contribution is 2.44. The predicted octanol–water partition coefficient (Wildman–Crippen LogP) is 3.92. The summed E-state index contributed by atoms with van der Waals surface area (Å²) in [5.41, 5.74) is 0.155. The molecule has 0 aliphatic heterocycles. The third kappa shape index (κ3) is 7.58. The third-order valence-corrected chi connectivity index (χ3v) is 7.67. The molecule has 5 nitrogen and oxygen atoms in total. The monoisotopic (exact) mass is 410 g/mol. The van der Waals surface area contributed by atoms with E-state index >= 15 is 0 Å². The average molecular weight is 411 g/mol. The molecule has 1 rings (SSSR count). The van der Waals surface area contributed by atoms with Crippen molar-refractivity contribution in [3.63, 3.8) is 0 Å². The predicted molar refractivity (Wildman–Crippen MR) is 110 cm³/mol. The Labute approximate surface area is 160 Å². The maximum absolute atomic E-state index is 8.96. The van der Waals surface area contributed by atoms with Gasteiger partial charge in [0.25, 0.3) is 0 Å². The molecule has 0 saturated heterocycles. The highest BCUT2D eigenvalue weighted by Gasteiger charge is 2.50. The third-order valence-electron chi connectivity index (χ3n) is 4.35. The highest BCUT2D eigenvalue weighted by atomic mass is 32.8. The smallest absolute Gasteiger partial charge is 0.370 e. The van der Waals surface area contributed by atoms with E-state index < -0.39 is 18.4 Å². The maximum Gasteiger partial charge on any atom is 0.533 e. The Kier molecular flexibility index (Phi) is 12.3. The molecule has 25 heavy (non-hydrogen) atoms. The second-order valence-electron chi connectivity index (χ2n) is 6.05. The molecule has 0 aromatic carbocycles. The van der Waals surface area contributed by atoms with E-state index in [1.807, 2.05) is 20.8 Å². The molecule has 3 unspecified atom stereocenters. The zero-order chi connectivity index (χ0) is 19.5. The fourth-order valence-electron chi connectivity index (χ4n) is 3.17. The topological polar surface area (TPSA) is 65.0 Å². The van der Waals surface area contributed by atoms with Crippen molar-refractivity contribution in [1.82, 2.24) is 0 Å². The lowest BCUT2D eigenvalue weighted by atomic mass is 9.72. The average Bonchev–Trinajstić information content (AvgIpc) is 2.50. The van der Waals surface area contributed by atoms with Crippen LogP contribution in [0.1, 0.15) is 54.4 Å². The van der Waals surface area contributed by atoms with Gasteiger partial charge in [0.15, 0.2) is 0 Å². The van der Waals surface area contributed by atoms with Crippen LogP contribution in [-0.4, -0.2) is 37.4 Å². The Morgan fingerprint density at radius 1 is 1.20 bits per heavy atom. The Bertz CT molecular complexity index is 494. The van der Waals surface area contributed by atoms with Crippen molar-refractivity contribution >= 4 is 29.6 Å². The lowest BCUT2D eigenvalue weighted by Gasteiger charge is -2.42. The molecule has 0 amide bonds. The second kappa shape index (κ2) is 12.3. The van der Waals surface area contributed by atoms with Gasteiger partial charge in [-0.25, -0.2) is 4.21 Å². The minimum absolute atomic E-state index is 0.155. The lowest BCUT2D eigenvalue weighted by molar-refractivity contribution is 0.0741. The van der Waals surface area contributed by atoms with Crippen LogP contribution >= 0.6 is 0 Å². The van der Waals surface area contributed by atoms with Gasteiger partial charge in [-0.2, -0.15) is 0 Å². The van der Waals surface area contributed by atoms with E-state index in [0.717, 1.165) is 6.42 Å². The van der Waals surface area contributed by atoms with Crippen molar-refractivity contribution in [3.05, 3.63) is 23.4 Å². The molecule has 0 fully saturated rings. The molecule has 0 heterocycles. The molecule has 0 radical (unpaired) electrons. The fraction of sp³-hybridized carbons (Fsp3) is 0.765. The van der Waals surface area contributed by atoms with E-state index in [2.05, 4.69) is 50.2 Å². The van der Waals surface area contributed by atoms with Crippen molar-refractivity contribution in [2.75, 3.05) is 19.8 Å². The molecule has 0 spiro atoms. The molecule has 0 aromatic heterocycles. The van der Waals surface area contributed by atoms with Crippen LogP contribution in [0.25, 0.3) is 0 Å². The van der Waals surface area contributed by atoms with Gasteiger partial charge in [-0.1, -0.05) is 45.4 Å². The quantitative estimate of drug-likeness (QED) is 0.444. The van der Waals surface area contributed by atoms with Crippen LogP contribution in [0.5, 0.6) is 0 Å². The van der Waals surface area contributed by atoms with Crippen molar-refractivity contribution in [2.24, 2.45) is 11.3 Å². The van der Waals surface area contributed by atoms with Crippen molar-refractivity contribution in [1.29, 1.82) is 0 Å². The van der Waals surface area contributed by atoms with Gasteiger partial charge in [-0.3, -0.25) is 0 Å². The largest absolute Gasteiger partial charge is 0.533 e.